The molecule has 0 aliphatic carbocycles. The first-order valence-electron chi connectivity index (χ1n) is 2.74. The van der Waals surface area contributed by atoms with Gasteiger partial charge >= 0.3 is 5.97 Å². The number of rotatable bonds is 3. The van der Waals surface area contributed by atoms with Crippen LogP contribution in [0.1, 0.15) is 6.92 Å². The Balaban J connectivity index is 3.85. The third-order valence-electron chi connectivity index (χ3n) is 0.766. The minimum atomic E-state index is -1.03. The highest BCUT2D eigenvalue weighted by molar-refractivity contribution is 6.48. The fourth-order valence-corrected chi connectivity index (χ4v) is 0.438. The Hall–Kier alpha value is 0.0800. The maximum atomic E-state index is 10.7. The van der Waals surface area contributed by atoms with Crippen molar-refractivity contribution in [1.29, 1.82) is 0 Å². The number of ether oxygens (including phenoxy) is 1. The molecule has 0 aliphatic rings. The second kappa shape index (κ2) is 4.86. The van der Waals surface area contributed by atoms with E-state index < -0.39 is 16.4 Å². The van der Waals surface area contributed by atoms with Crippen LogP contribution < -0.4 is 0 Å². The number of carbonyl (C=O) groups is 1. The monoisotopic (exact) mass is 216 g/mol. The molecule has 0 aromatic rings. The van der Waals surface area contributed by atoms with Crippen LogP contribution in [0.3, 0.4) is 0 Å². The van der Waals surface area contributed by atoms with E-state index in [1.807, 2.05) is 0 Å². The largest absolute Gasteiger partial charge is 0.440 e. The smallest absolute Gasteiger partial charge is 0.334 e. The molecular formula is C6H7Cl3O2. The molecule has 5 heteroatoms. The molecule has 0 fully saturated rings. The first kappa shape index (κ1) is 11.1. The zero-order chi connectivity index (χ0) is 9.02. The third kappa shape index (κ3) is 4.51. The summed E-state index contributed by atoms with van der Waals surface area (Å²) in [5.41, 5.74) is -0.771. The molecule has 0 rings (SSSR count). The van der Waals surface area contributed by atoms with Gasteiger partial charge in [-0.05, 0) is 6.92 Å². The lowest BCUT2D eigenvalue weighted by Gasteiger charge is -2.10. The summed E-state index contributed by atoms with van der Waals surface area (Å²) in [6.07, 6.45) is 0. The van der Waals surface area contributed by atoms with E-state index in [1.54, 1.807) is 0 Å². The van der Waals surface area contributed by atoms with Gasteiger partial charge in [-0.15, -0.1) is 0 Å². The molecule has 0 spiro atoms. The van der Waals surface area contributed by atoms with E-state index in [2.05, 4.69) is 11.3 Å². The third-order valence-corrected chi connectivity index (χ3v) is 1.82. The fourth-order valence-electron chi connectivity index (χ4n) is 0.254. The summed E-state index contributed by atoms with van der Waals surface area (Å²) in [4.78, 5) is 9.80. The van der Waals surface area contributed by atoms with Crippen LogP contribution in [0.25, 0.3) is 0 Å². The SMILES string of the molecule is C=C(C)C(=O)OC(Cl)C(Cl)Cl. The lowest BCUT2D eigenvalue weighted by Crippen LogP contribution is -2.18. The number of halogens is 3. The number of carbonyl (C=O) groups excluding carboxylic acids is 1. The lowest BCUT2D eigenvalue weighted by atomic mass is 10.4. The van der Waals surface area contributed by atoms with Gasteiger partial charge in [0.2, 0.25) is 5.56 Å². The van der Waals surface area contributed by atoms with Crippen molar-refractivity contribution in [2.45, 2.75) is 17.3 Å². The van der Waals surface area contributed by atoms with Crippen LogP contribution in [0.2, 0.25) is 0 Å². The number of hydrogen-bond acceptors (Lipinski definition) is 2. The molecule has 0 aliphatic heterocycles. The highest BCUT2D eigenvalue weighted by Crippen LogP contribution is 2.16. The van der Waals surface area contributed by atoms with Gasteiger partial charge in [0.1, 0.15) is 0 Å². The zero-order valence-corrected chi connectivity index (χ0v) is 8.08. The molecule has 0 amide bonds. The first-order valence-corrected chi connectivity index (χ1v) is 4.04. The van der Waals surface area contributed by atoms with Crippen LogP contribution in [0.5, 0.6) is 0 Å². The van der Waals surface area contributed by atoms with Crippen molar-refractivity contribution in [1.82, 2.24) is 0 Å². The molecule has 64 valence electrons. The summed E-state index contributed by atoms with van der Waals surface area (Å²) in [5.74, 6) is -0.601. The summed E-state index contributed by atoms with van der Waals surface area (Å²) < 4.78 is 4.54. The fraction of sp³-hybridized carbons (Fsp3) is 0.500. The van der Waals surface area contributed by atoms with Gasteiger partial charge in [0.15, 0.2) is 4.84 Å². The van der Waals surface area contributed by atoms with Crippen molar-refractivity contribution in [3.8, 4) is 0 Å². The van der Waals surface area contributed by atoms with E-state index in [-0.39, 0.29) is 5.57 Å². The Kier molecular flexibility index (Phi) is 4.89. The molecule has 0 saturated carbocycles. The van der Waals surface area contributed by atoms with Crippen molar-refractivity contribution in [3.63, 3.8) is 0 Å². The highest BCUT2D eigenvalue weighted by Gasteiger charge is 2.18. The molecule has 0 N–H and O–H groups in total. The van der Waals surface area contributed by atoms with E-state index >= 15 is 0 Å². The number of esters is 1. The molecule has 11 heavy (non-hydrogen) atoms. The molecule has 0 saturated heterocycles. The second-order valence-electron chi connectivity index (χ2n) is 1.87. The van der Waals surface area contributed by atoms with E-state index in [0.717, 1.165) is 0 Å². The molecule has 1 unspecified atom stereocenters. The molecule has 0 aromatic carbocycles. The van der Waals surface area contributed by atoms with Crippen molar-refractivity contribution in [3.05, 3.63) is 12.2 Å². The first-order chi connectivity index (χ1) is 4.95. The minimum absolute atomic E-state index is 0.254. The van der Waals surface area contributed by atoms with Gasteiger partial charge < -0.3 is 4.74 Å². The summed E-state index contributed by atoms with van der Waals surface area (Å²) in [6, 6.07) is 0. The average Bonchev–Trinajstić information content (AvgIpc) is 1.87. The van der Waals surface area contributed by atoms with Crippen molar-refractivity contribution in [2.75, 3.05) is 0 Å². The molecule has 1 atom stereocenters. The molecule has 0 aromatic heterocycles. The number of alkyl halides is 3. The van der Waals surface area contributed by atoms with Crippen molar-refractivity contribution >= 4 is 40.8 Å². The summed E-state index contributed by atoms with van der Waals surface area (Å²) in [5, 5.41) is 0. The molecule has 0 heterocycles. The molecule has 0 radical (unpaired) electrons. The Morgan fingerprint density at radius 3 is 2.18 bits per heavy atom. The van der Waals surface area contributed by atoms with Crippen LogP contribution in [-0.2, 0) is 9.53 Å². The van der Waals surface area contributed by atoms with Gasteiger partial charge in [0.25, 0.3) is 0 Å². The minimum Gasteiger partial charge on any atom is -0.440 e. The highest BCUT2D eigenvalue weighted by atomic mass is 35.5. The van der Waals surface area contributed by atoms with E-state index in [9.17, 15) is 4.79 Å². The van der Waals surface area contributed by atoms with Crippen LogP contribution in [0.4, 0.5) is 0 Å². The maximum Gasteiger partial charge on any atom is 0.334 e. The van der Waals surface area contributed by atoms with Crippen LogP contribution in [0, 0.1) is 0 Å². The standard InChI is InChI=1S/C6H7Cl3O2/c1-3(2)6(10)11-5(9)4(7)8/h4-5H,1H2,2H3. The van der Waals surface area contributed by atoms with E-state index in [1.165, 1.54) is 6.92 Å². The van der Waals surface area contributed by atoms with Gasteiger partial charge in [-0.25, -0.2) is 4.79 Å². The summed E-state index contributed by atoms with van der Waals surface area (Å²) in [7, 11) is 0. The van der Waals surface area contributed by atoms with E-state index in [4.69, 9.17) is 34.8 Å². The summed E-state index contributed by atoms with van der Waals surface area (Å²) >= 11 is 16.0. The van der Waals surface area contributed by atoms with Gasteiger partial charge in [-0.1, -0.05) is 41.4 Å². The van der Waals surface area contributed by atoms with E-state index in [0.29, 0.717) is 0 Å². The van der Waals surface area contributed by atoms with Crippen molar-refractivity contribution in [2.24, 2.45) is 0 Å². The Bertz CT molecular complexity index is 167. The van der Waals surface area contributed by atoms with Crippen LogP contribution in [-0.4, -0.2) is 16.4 Å². The van der Waals surface area contributed by atoms with Crippen LogP contribution >= 0.6 is 34.8 Å². The second-order valence-corrected chi connectivity index (χ2v) is 3.47. The zero-order valence-electron chi connectivity index (χ0n) is 5.81. The van der Waals surface area contributed by atoms with Crippen LogP contribution in [0.15, 0.2) is 12.2 Å². The maximum absolute atomic E-state index is 10.7. The van der Waals surface area contributed by atoms with Gasteiger partial charge in [-0.2, -0.15) is 0 Å². The Labute approximate surface area is 80.1 Å². The normalized spacial score (nSPS) is 12.8. The van der Waals surface area contributed by atoms with Gasteiger partial charge in [-0.3, -0.25) is 0 Å². The lowest BCUT2D eigenvalue weighted by molar-refractivity contribution is -0.140. The predicted molar refractivity (Wildman–Crippen MR) is 46.0 cm³/mol. The average molecular weight is 217 g/mol. The molecular weight excluding hydrogens is 210 g/mol. The predicted octanol–water partition coefficient (Wildman–Crippen LogP) is 2.47. The van der Waals surface area contributed by atoms with Gasteiger partial charge in [0.05, 0.1) is 0 Å². The quantitative estimate of drug-likeness (QED) is 0.412. The Morgan fingerprint density at radius 2 is 1.91 bits per heavy atom. The van der Waals surface area contributed by atoms with Gasteiger partial charge in [0, 0.05) is 5.57 Å². The van der Waals surface area contributed by atoms with Crippen molar-refractivity contribution < 1.29 is 9.53 Å². The Morgan fingerprint density at radius 1 is 1.45 bits per heavy atom. The molecule has 0 bridgehead atoms. The summed E-state index contributed by atoms with van der Waals surface area (Å²) in [6.45, 7) is 4.85. The molecule has 2 nitrogen and oxygen atoms in total. The topological polar surface area (TPSA) is 26.3 Å². The number of hydrogen-bond donors (Lipinski definition) is 0.